The second kappa shape index (κ2) is 6.74. The van der Waals surface area contributed by atoms with E-state index in [1.807, 2.05) is 0 Å². The number of aryl methyl sites for hydroxylation is 1. The number of pyridine rings is 1. The molecule has 0 saturated carbocycles. The number of hydrogen-bond donors (Lipinski definition) is 2. The van der Waals surface area contributed by atoms with Gasteiger partial charge in [0.05, 0.1) is 5.69 Å². The molecule has 0 unspecified atom stereocenters. The molecular formula is C17H13ClN4O3. The second-order valence-corrected chi connectivity index (χ2v) is 5.70. The van der Waals surface area contributed by atoms with E-state index in [-0.39, 0.29) is 16.8 Å². The lowest BCUT2D eigenvalue weighted by Crippen LogP contribution is -2.28. The Labute approximate surface area is 146 Å². The van der Waals surface area contributed by atoms with E-state index in [1.165, 1.54) is 29.2 Å². The van der Waals surface area contributed by atoms with Crippen LogP contribution in [0.2, 0.25) is 5.02 Å². The summed E-state index contributed by atoms with van der Waals surface area (Å²) in [6.07, 6.45) is 2.78. The summed E-state index contributed by atoms with van der Waals surface area (Å²) in [5.41, 5.74) is 0.0101. The monoisotopic (exact) mass is 356 g/mol. The van der Waals surface area contributed by atoms with Crippen LogP contribution in [0.5, 0.6) is 0 Å². The molecule has 0 aliphatic carbocycles. The zero-order valence-corrected chi connectivity index (χ0v) is 13.9. The topological polar surface area (TPSA) is 96.8 Å². The minimum absolute atomic E-state index is 0.0346. The Morgan fingerprint density at radius 2 is 1.88 bits per heavy atom. The first-order valence-electron chi connectivity index (χ1n) is 7.31. The molecule has 7 nitrogen and oxygen atoms in total. The molecule has 0 radical (unpaired) electrons. The first-order valence-corrected chi connectivity index (χ1v) is 7.69. The van der Waals surface area contributed by atoms with Crippen LogP contribution in [0.25, 0.3) is 5.69 Å². The third-order valence-corrected chi connectivity index (χ3v) is 3.72. The van der Waals surface area contributed by atoms with Crippen LogP contribution >= 0.6 is 11.6 Å². The third kappa shape index (κ3) is 3.51. The number of halogens is 1. The van der Waals surface area contributed by atoms with Gasteiger partial charge in [-0.3, -0.25) is 14.4 Å². The highest BCUT2D eigenvalue weighted by molar-refractivity contribution is 6.30. The summed E-state index contributed by atoms with van der Waals surface area (Å²) < 4.78 is 1.46. The van der Waals surface area contributed by atoms with Gasteiger partial charge in [-0.15, -0.1) is 0 Å². The standard InChI is InChI=1S/C17H13ClN4O3/c1-10-8-15(24)16(17(25)20-13-9-19-7-6-14(13)23)21-22(10)12-4-2-11(18)3-5-12/h2-9H,1H3,(H,19,23)(H,20,25). The van der Waals surface area contributed by atoms with E-state index in [0.717, 1.165) is 0 Å². The van der Waals surface area contributed by atoms with E-state index in [0.29, 0.717) is 16.4 Å². The fourth-order valence-corrected chi connectivity index (χ4v) is 2.37. The molecule has 25 heavy (non-hydrogen) atoms. The Kier molecular flexibility index (Phi) is 4.49. The highest BCUT2D eigenvalue weighted by atomic mass is 35.5. The minimum atomic E-state index is -0.760. The molecule has 0 bridgehead atoms. The average molecular weight is 357 g/mol. The molecule has 2 aromatic heterocycles. The summed E-state index contributed by atoms with van der Waals surface area (Å²) in [4.78, 5) is 38.9. The molecule has 8 heteroatoms. The molecule has 126 valence electrons. The van der Waals surface area contributed by atoms with Gasteiger partial charge in [0.2, 0.25) is 10.9 Å². The number of amides is 1. The van der Waals surface area contributed by atoms with Gasteiger partial charge in [0, 0.05) is 35.2 Å². The Morgan fingerprint density at radius 3 is 2.56 bits per heavy atom. The number of anilines is 1. The van der Waals surface area contributed by atoms with Gasteiger partial charge in [-0.05, 0) is 31.2 Å². The molecule has 1 aromatic carbocycles. The zero-order valence-electron chi connectivity index (χ0n) is 13.1. The van der Waals surface area contributed by atoms with Crippen LogP contribution < -0.4 is 16.2 Å². The van der Waals surface area contributed by atoms with Gasteiger partial charge in [0.1, 0.15) is 5.69 Å². The first kappa shape index (κ1) is 16.7. The molecule has 2 heterocycles. The van der Waals surface area contributed by atoms with Crippen molar-refractivity contribution in [3.05, 3.63) is 85.6 Å². The molecule has 0 saturated heterocycles. The summed E-state index contributed by atoms with van der Waals surface area (Å²) in [5.74, 6) is -0.760. The molecule has 0 spiro atoms. The number of nitrogens with zero attached hydrogens (tertiary/aromatic N) is 2. The maximum absolute atomic E-state index is 12.4. The van der Waals surface area contributed by atoms with Crippen LogP contribution in [0.3, 0.4) is 0 Å². The number of carbonyl (C=O) groups is 1. The summed E-state index contributed by atoms with van der Waals surface area (Å²) >= 11 is 5.87. The van der Waals surface area contributed by atoms with Gasteiger partial charge in [-0.1, -0.05) is 11.6 Å². The lowest BCUT2D eigenvalue weighted by Gasteiger charge is -2.11. The number of rotatable bonds is 3. The quantitative estimate of drug-likeness (QED) is 0.751. The molecule has 0 aliphatic heterocycles. The number of carbonyl (C=O) groups excluding carboxylic acids is 1. The van der Waals surface area contributed by atoms with E-state index in [2.05, 4.69) is 15.4 Å². The number of benzene rings is 1. The maximum atomic E-state index is 12.4. The van der Waals surface area contributed by atoms with E-state index in [4.69, 9.17) is 11.6 Å². The molecule has 0 atom stereocenters. The highest BCUT2D eigenvalue weighted by Gasteiger charge is 2.16. The van der Waals surface area contributed by atoms with Crippen molar-refractivity contribution in [1.82, 2.24) is 14.8 Å². The van der Waals surface area contributed by atoms with E-state index >= 15 is 0 Å². The third-order valence-electron chi connectivity index (χ3n) is 3.47. The van der Waals surface area contributed by atoms with Crippen LogP contribution in [0, 0.1) is 6.92 Å². The first-order chi connectivity index (χ1) is 12.0. The van der Waals surface area contributed by atoms with Crippen molar-refractivity contribution in [3.8, 4) is 5.69 Å². The van der Waals surface area contributed by atoms with Crippen LogP contribution in [0.4, 0.5) is 5.69 Å². The summed E-state index contributed by atoms with van der Waals surface area (Å²) in [6, 6.07) is 9.38. The summed E-state index contributed by atoms with van der Waals surface area (Å²) in [7, 11) is 0. The lowest BCUT2D eigenvalue weighted by atomic mass is 10.2. The Hall–Kier alpha value is -3.19. The number of aromatic nitrogens is 3. The van der Waals surface area contributed by atoms with Gasteiger partial charge in [0.25, 0.3) is 5.91 Å². The fraction of sp³-hybridized carbons (Fsp3) is 0.0588. The highest BCUT2D eigenvalue weighted by Crippen LogP contribution is 2.14. The zero-order chi connectivity index (χ0) is 18.0. The van der Waals surface area contributed by atoms with Crippen LogP contribution in [0.1, 0.15) is 16.2 Å². The van der Waals surface area contributed by atoms with Crippen molar-refractivity contribution in [2.75, 3.05) is 5.32 Å². The molecule has 0 aliphatic rings. The molecule has 2 N–H and O–H groups in total. The number of hydrogen-bond acceptors (Lipinski definition) is 4. The normalized spacial score (nSPS) is 10.5. The molecular weight excluding hydrogens is 344 g/mol. The van der Waals surface area contributed by atoms with E-state index in [1.54, 1.807) is 31.2 Å². The number of aromatic amines is 1. The largest absolute Gasteiger partial charge is 0.366 e. The van der Waals surface area contributed by atoms with Gasteiger partial charge in [0.15, 0.2) is 5.69 Å². The van der Waals surface area contributed by atoms with E-state index in [9.17, 15) is 14.4 Å². The fourth-order valence-electron chi connectivity index (χ4n) is 2.24. The predicted molar refractivity (Wildman–Crippen MR) is 94.6 cm³/mol. The lowest BCUT2D eigenvalue weighted by molar-refractivity contribution is 0.101. The minimum Gasteiger partial charge on any atom is -0.366 e. The Morgan fingerprint density at radius 1 is 1.16 bits per heavy atom. The van der Waals surface area contributed by atoms with Crippen molar-refractivity contribution < 1.29 is 4.79 Å². The van der Waals surface area contributed by atoms with Crippen molar-refractivity contribution in [1.29, 1.82) is 0 Å². The number of nitrogens with one attached hydrogen (secondary N) is 2. The summed E-state index contributed by atoms with van der Waals surface area (Å²) in [6.45, 7) is 1.70. The van der Waals surface area contributed by atoms with Gasteiger partial charge >= 0.3 is 0 Å². The summed E-state index contributed by atoms with van der Waals surface area (Å²) in [5, 5.41) is 7.09. The van der Waals surface area contributed by atoms with Crippen LogP contribution in [-0.2, 0) is 0 Å². The van der Waals surface area contributed by atoms with Gasteiger partial charge < -0.3 is 10.3 Å². The Balaban J connectivity index is 2.02. The number of H-pyrrole nitrogens is 1. The molecule has 3 aromatic rings. The molecule has 3 rings (SSSR count). The predicted octanol–water partition coefficient (Wildman–Crippen LogP) is 2.13. The van der Waals surface area contributed by atoms with Crippen molar-refractivity contribution >= 4 is 23.2 Å². The van der Waals surface area contributed by atoms with Crippen molar-refractivity contribution in [2.24, 2.45) is 0 Å². The van der Waals surface area contributed by atoms with Crippen LogP contribution in [-0.4, -0.2) is 20.7 Å². The smallest absolute Gasteiger partial charge is 0.280 e. The Bertz CT molecular complexity index is 1050. The van der Waals surface area contributed by atoms with Crippen molar-refractivity contribution in [3.63, 3.8) is 0 Å². The van der Waals surface area contributed by atoms with Crippen LogP contribution in [0.15, 0.2) is 58.4 Å². The molecule has 0 fully saturated rings. The molecule has 1 amide bonds. The second-order valence-electron chi connectivity index (χ2n) is 5.26. The van der Waals surface area contributed by atoms with Gasteiger partial charge in [-0.25, -0.2) is 4.68 Å². The van der Waals surface area contributed by atoms with Crippen molar-refractivity contribution in [2.45, 2.75) is 6.92 Å². The SMILES string of the molecule is Cc1cc(=O)c(C(=O)Nc2c[nH]ccc2=O)nn1-c1ccc(Cl)cc1. The maximum Gasteiger partial charge on any atom is 0.280 e. The average Bonchev–Trinajstić information content (AvgIpc) is 2.58. The van der Waals surface area contributed by atoms with Gasteiger partial charge in [-0.2, -0.15) is 5.10 Å². The van der Waals surface area contributed by atoms with E-state index < -0.39 is 11.3 Å².